The van der Waals surface area contributed by atoms with Crippen molar-refractivity contribution in [2.75, 3.05) is 5.32 Å². The molecular weight excluding hydrogens is 297 g/mol. The second-order valence-electron chi connectivity index (χ2n) is 4.21. The van der Waals surface area contributed by atoms with E-state index in [1.807, 2.05) is 6.07 Å². The van der Waals surface area contributed by atoms with Crippen LogP contribution in [0.2, 0.25) is 5.02 Å². The number of anilines is 1. The molecule has 0 saturated heterocycles. The number of benzene rings is 2. The second kappa shape index (κ2) is 6.20. The minimum Gasteiger partial charge on any atom is -0.375 e. The summed E-state index contributed by atoms with van der Waals surface area (Å²) >= 11 is 5.54. The van der Waals surface area contributed by atoms with E-state index in [4.69, 9.17) is 16.9 Å². The molecule has 0 amide bonds. The van der Waals surface area contributed by atoms with Gasteiger partial charge in [0.15, 0.2) is 0 Å². The molecule has 1 N–H and O–H groups in total. The van der Waals surface area contributed by atoms with E-state index >= 15 is 0 Å². The Bertz CT molecular complexity index is 743. The van der Waals surface area contributed by atoms with Crippen molar-refractivity contribution in [1.29, 1.82) is 5.26 Å². The Kier molecular flexibility index (Phi) is 4.36. The molecular formula is C14H9ClFN3O2. The van der Waals surface area contributed by atoms with Crippen LogP contribution in [0.15, 0.2) is 36.4 Å². The molecule has 0 aliphatic rings. The molecule has 0 fully saturated rings. The molecule has 0 aromatic heterocycles. The van der Waals surface area contributed by atoms with Crippen LogP contribution in [-0.2, 0) is 6.54 Å². The average molecular weight is 306 g/mol. The molecule has 0 radical (unpaired) electrons. The largest absolute Gasteiger partial charge is 0.375 e. The van der Waals surface area contributed by atoms with Gasteiger partial charge in [-0.2, -0.15) is 5.26 Å². The van der Waals surface area contributed by atoms with Gasteiger partial charge in [-0.1, -0.05) is 23.7 Å². The van der Waals surface area contributed by atoms with Gasteiger partial charge in [-0.05, 0) is 17.7 Å². The number of nitrogens with zero attached hydrogens (tertiary/aromatic N) is 2. The topological polar surface area (TPSA) is 79.0 Å². The minimum absolute atomic E-state index is 0.0317. The van der Waals surface area contributed by atoms with Crippen LogP contribution in [0.3, 0.4) is 0 Å². The predicted molar refractivity (Wildman–Crippen MR) is 76.5 cm³/mol. The number of nitrogens with one attached hydrogen (secondary N) is 1. The zero-order chi connectivity index (χ0) is 15.4. The van der Waals surface area contributed by atoms with Crippen LogP contribution in [0.25, 0.3) is 0 Å². The Labute approximate surface area is 124 Å². The fourth-order valence-electron chi connectivity index (χ4n) is 1.78. The summed E-state index contributed by atoms with van der Waals surface area (Å²) in [5.74, 6) is -0.740. The smallest absolute Gasteiger partial charge is 0.294 e. The number of nitro benzene ring substituents is 1. The zero-order valence-corrected chi connectivity index (χ0v) is 11.4. The van der Waals surface area contributed by atoms with Crippen molar-refractivity contribution < 1.29 is 9.31 Å². The molecule has 5 nitrogen and oxygen atoms in total. The van der Waals surface area contributed by atoms with Crippen molar-refractivity contribution in [3.8, 4) is 6.07 Å². The summed E-state index contributed by atoms with van der Waals surface area (Å²) in [6.07, 6.45) is 0. The highest BCUT2D eigenvalue weighted by molar-refractivity contribution is 6.31. The Morgan fingerprint density at radius 3 is 2.81 bits per heavy atom. The lowest BCUT2D eigenvalue weighted by Gasteiger charge is -2.08. The summed E-state index contributed by atoms with van der Waals surface area (Å²) in [5.41, 5.74) is 0.951. The molecule has 0 heterocycles. The lowest BCUT2D eigenvalue weighted by molar-refractivity contribution is -0.384. The first-order chi connectivity index (χ1) is 10.0. The van der Waals surface area contributed by atoms with Gasteiger partial charge >= 0.3 is 0 Å². The maximum atomic E-state index is 13.4. The van der Waals surface area contributed by atoms with E-state index in [0.29, 0.717) is 5.56 Å². The molecule has 0 atom stereocenters. The molecule has 2 aromatic rings. The first-order valence-electron chi connectivity index (χ1n) is 5.87. The van der Waals surface area contributed by atoms with Gasteiger partial charge in [0.2, 0.25) is 0 Å². The number of nitro groups is 1. The Morgan fingerprint density at radius 1 is 1.38 bits per heavy atom. The maximum Gasteiger partial charge on any atom is 0.294 e. The highest BCUT2D eigenvalue weighted by atomic mass is 35.5. The van der Waals surface area contributed by atoms with Crippen molar-refractivity contribution in [3.05, 3.63) is 68.5 Å². The van der Waals surface area contributed by atoms with E-state index in [1.165, 1.54) is 0 Å². The van der Waals surface area contributed by atoms with Crippen LogP contribution in [-0.4, -0.2) is 4.92 Å². The van der Waals surface area contributed by atoms with E-state index < -0.39 is 10.7 Å². The van der Waals surface area contributed by atoms with E-state index in [0.717, 1.165) is 17.7 Å². The summed E-state index contributed by atoms with van der Waals surface area (Å²) in [5, 5.41) is 22.2. The highest BCUT2D eigenvalue weighted by Crippen LogP contribution is 2.30. The van der Waals surface area contributed by atoms with E-state index in [2.05, 4.69) is 5.32 Å². The van der Waals surface area contributed by atoms with E-state index in [-0.39, 0.29) is 22.9 Å². The van der Waals surface area contributed by atoms with Crippen molar-refractivity contribution >= 4 is 23.0 Å². The number of halogens is 2. The fraction of sp³-hybridized carbons (Fsp3) is 0.0714. The van der Waals surface area contributed by atoms with Crippen molar-refractivity contribution in [2.45, 2.75) is 6.54 Å². The Balaban J connectivity index is 2.25. The molecule has 0 unspecified atom stereocenters. The number of hydrogen-bond donors (Lipinski definition) is 1. The standard InChI is InChI=1S/C14H9ClFN3O2/c15-11-5-14(19(20)21)13(6-12(11)16)18-8-10-3-1-2-9(4-10)7-17/h1-6,18H,8H2. The van der Waals surface area contributed by atoms with Crippen molar-refractivity contribution in [1.82, 2.24) is 0 Å². The van der Waals surface area contributed by atoms with Crippen molar-refractivity contribution in [2.24, 2.45) is 0 Å². The van der Waals surface area contributed by atoms with Crippen LogP contribution in [0, 0.1) is 27.3 Å². The summed E-state index contributed by atoms with van der Waals surface area (Å²) in [6, 6.07) is 10.7. The van der Waals surface area contributed by atoms with Crippen LogP contribution < -0.4 is 5.32 Å². The predicted octanol–water partition coefficient (Wildman–Crippen LogP) is 3.87. The van der Waals surface area contributed by atoms with Crippen LogP contribution in [0.5, 0.6) is 0 Å². The Morgan fingerprint density at radius 2 is 2.14 bits per heavy atom. The molecule has 7 heteroatoms. The van der Waals surface area contributed by atoms with Gasteiger partial charge in [0.25, 0.3) is 5.69 Å². The molecule has 2 rings (SSSR count). The number of hydrogen-bond acceptors (Lipinski definition) is 4. The monoisotopic (exact) mass is 305 g/mol. The summed E-state index contributed by atoms with van der Waals surface area (Å²) in [4.78, 5) is 10.3. The quantitative estimate of drug-likeness (QED) is 0.687. The minimum atomic E-state index is -0.740. The summed E-state index contributed by atoms with van der Waals surface area (Å²) < 4.78 is 13.4. The molecule has 0 bridgehead atoms. The summed E-state index contributed by atoms with van der Waals surface area (Å²) in [6.45, 7) is 0.220. The van der Waals surface area contributed by atoms with Crippen LogP contribution in [0.1, 0.15) is 11.1 Å². The normalized spacial score (nSPS) is 9.95. The Hall–Kier alpha value is -2.65. The fourth-order valence-corrected chi connectivity index (χ4v) is 1.94. The molecule has 2 aromatic carbocycles. The third-order valence-electron chi connectivity index (χ3n) is 2.77. The molecule has 0 spiro atoms. The average Bonchev–Trinajstić information content (AvgIpc) is 2.48. The lowest BCUT2D eigenvalue weighted by atomic mass is 10.1. The van der Waals surface area contributed by atoms with Gasteiger partial charge in [0.05, 0.1) is 21.6 Å². The molecule has 0 aliphatic carbocycles. The number of nitriles is 1. The van der Waals surface area contributed by atoms with Gasteiger partial charge in [0, 0.05) is 18.7 Å². The van der Waals surface area contributed by atoms with Gasteiger partial charge in [-0.3, -0.25) is 10.1 Å². The SMILES string of the molecule is N#Cc1cccc(CNc2cc(F)c(Cl)cc2[N+](=O)[O-])c1. The van der Waals surface area contributed by atoms with Crippen molar-refractivity contribution in [3.63, 3.8) is 0 Å². The van der Waals surface area contributed by atoms with Crippen LogP contribution >= 0.6 is 11.6 Å². The highest BCUT2D eigenvalue weighted by Gasteiger charge is 2.17. The molecule has 21 heavy (non-hydrogen) atoms. The third kappa shape index (κ3) is 3.46. The molecule has 0 saturated carbocycles. The third-order valence-corrected chi connectivity index (χ3v) is 3.06. The van der Waals surface area contributed by atoms with E-state index in [1.54, 1.807) is 24.3 Å². The van der Waals surface area contributed by atoms with Gasteiger partial charge in [-0.15, -0.1) is 0 Å². The van der Waals surface area contributed by atoms with Gasteiger partial charge < -0.3 is 5.32 Å². The van der Waals surface area contributed by atoms with E-state index in [9.17, 15) is 14.5 Å². The van der Waals surface area contributed by atoms with Gasteiger partial charge in [-0.25, -0.2) is 4.39 Å². The first kappa shape index (κ1) is 14.8. The maximum absolute atomic E-state index is 13.4. The first-order valence-corrected chi connectivity index (χ1v) is 6.25. The lowest BCUT2D eigenvalue weighted by Crippen LogP contribution is -2.03. The van der Waals surface area contributed by atoms with Gasteiger partial charge in [0.1, 0.15) is 11.5 Å². The molecule has 106 valence electrons. The molecule has 0 aliphatic heterocycles. The van der Waals surface area contributed by atoms with Crippen LogP contribution in [0.4, 0.5) is 15.8 Å². The number of rotatable bonds is 4. The zero-order valence-electron chi connectivity index (χ0n) is 10.6. The summed E-state index contributed by atoms with van der Waals surface area (Å²) in [7, 11) is 0. The second-order valence-corrected chi connectivity index (χ2v) is 4.61.